The number of rotatable bonds is 5. The fourth-order valence-corrected chi connectivity index (χ4v) is 2.98. The average Bonchev–Trinajstić information content (AvgIpc) is 2.64. The van der Waals surface area contributed by atoms with Crippen LogP contribution in [0.15, 0.2) is 24.3 Å². The molecule has 0 saturated carbocycles. The number of amides is 2. The van der Waals surface area contributed by atoms with Gasteiger partial charge >= 0.3 is 0 Å². The molecule has 0 spiro atoms. The summed E-state index contributed by atoms with van der Waals surface area (Å²) >= 11 is 0. The van der Waals surface area contributed by atoms with E-state index in [1.807, 2.05) is 0 Å². The van der Waals surface area contributed by atoms with Crippen LogP contribution in [0.1, 0.15) is 22.8 Å². The Bertz CT molecular complexity index is 866. The largest absolute Gasteiger partial charge is 0.391 e. The van der Waals surface area contributed by atoms with Gasteiger partial charge in [-0.15, -0.1) is 0 Å². The Hall–Kier alpha value is -2.88. The summed E-state index contributed by atoms with van der Waals surface area (Å²) in [6.45, 7) is 4.91. The molecule has 0 radical (unpaired) electrons. The Morgan fingerprint density at radius 1 is 1.21 bits per heavy atom. The average molecular weight is 397 g/mol. The van der Waals surface area contributed by atoms with Gasteiger partial charge in [0.1, 0.15) is 6.04 Å². The van der Waals surface area contributed by atoms with Gasteiger partial charge in [-0.25, -0.2) is 5.48 Å². The summed E-state index contributed by atoms with van der Waals surface area (Å²) in [5, 5.41) is 20.6. The van der Waals surface area contributed by atoms with E-state index in [1.54, 1.807) is 24.3 Å². The highest BCUT2D eigenvalue weighted by atomic mass is 16.5. The number of benzene rings is 1. The molecule has 4 N–H and O–H groups in total. The van der Waals surface area contributed by atoms with Gasteiger partial charge in [0.05, 0.1) is 25.4 Å². The number of aliphatic hydroxyl groups excluding tert-OH is 1. The maximum Gasteiger partial charge on any atom is 0.268 e. The minimum atomic E-state index is -1.26. The lowest BCUT2D eigenvalue weighted by Crippen LogP contribution is -2.58. The number of ether oxygens (including phenoxy) is 1. The number of hydroxylamine groups is 1. The van der Waals surface area contributed by atoms with Crippen LogP contribution in [0.3, 0.4) is 0 Å². The molecule has 152 valence electrons. The van der Waals surface area contributed by atoms with Crippen molar-refractivity contribution in [2.24, 2.45) is 5.92 Å². The van der Waals surface area contributed by atoms with E-state index < -0.39 is 24.0 Å². The van der Waals surface area contributed by atoms with Gasteiger partial charge in [-0.2, -0.15) is 0 Å². The van der Waals surface area contributed by atoms with E-state index in [2.05, 4.69) is 33.9 Å². The van der Waals surface area contributed by atoms with Gasteiger partial charge in [0, 0.05) is 30.1 Å². The second-order valence-corrected chi connectivity index (χ2v) is 7.11. The minimum absolute atomic E-state index is 0.299. The second-order valence-electron chi connectivity index (χ2n) is 7.11. The Kier molecular flexibility index (Phi) is 6.86. The molecule has 3 rings (SSSR count). The predicted molar refractivity (Wildman–Crippen MR) is 104 cm³/mol. The summed E-state index contributed by atoms with van der Waals surface area (Å²) in [6, 6.07) is 5.77. The normalized spacial score (nSPS) is 18.6. The molecule has 0 aromatic heterocycles. The van der Waals surface area contributed by atoms with Gasteiger partial charge in [0.25, 0.3) is 11.8 Å². The van der Waals surface area contributed by atoms with E-state index in [4.69, 9.17) is 9.94 Å². The molecule has 0 aliphatic carbocycles. The van der Waals surface area contributed by atoms with Gasteiger partial charge in [0.15, 0.2) is 0 Å². The summed E-state index contributed by atoms with van der Waals surface area (Å²) < 4.78 is 5.18. The van der Waals surface area contributed by atoms with Crippen LogP contribution in [0.4, 0.5) is 0 Å². The second kappa shape index (κ2) is 9.55. The number of nitrogens with zero attached hydrogens (tertiary/aromatic N) is 1. The zero-order valence-corrected chi connectivity index (χ0v) is 16.0. The van der Waals surface area contributed by atoms with Crippen molar-refractivity contribution < 1.29 is 24.6 Å². The summed E-state index contributed by atoms with van der Waals surface area (Å²) in [5.74, 6) is 10.7. The Labute approximate surface area is 169 Å². The Balaban J connectivity index is 1.50. The molecule has 0 unspecified atom stereocenters. The van der Waals surface area contributed by atoms with Crippen LogP contribution in [-0.2, 0) is 9.53 Å². The van der Waals surface area contributed by atoms with Gasteiger partial charge < -0.3 is 15.2 Å². The molecule has 2 heterocycles. The SMILES string of the molecule is C[C@@H](O)[C@H](NC(=O)c1ccc(C#CC#CC2CN(C3COC3)C2)cc1)C(=O)NO. The maximum atomic E-state index is 12.2. The maximum absolute atomic E-state index is 12.2. The molecule has 8 heteroatoms. The van der Waals surface area contributed by atoms with Crippen LogP contribution in [0.2, 0.25) is 0 Å². The number of carbonyl (C=O) groups is 2. The van der Waals surface area contributed by atoms with E-state index in [0.717, 1.165) is 26.3 Å². The molecule has 29 heavy (non-hydrogen) atoms. The first-order chi connectivity index (χ1) is 14.0. The van der Waals surface area contributed by atoms with Crippen molar-refractivity contribution in [1.82, 2.24) is 15.7 Å². The highest BCUT2D eigenvalue weighted by molar-refractivity contribution is 5.97. The zero-order chi connectivity index (χ0) is 20.8. The molecule has 1 aromatic rings. The standard InChI is InChI=1S/C21H23N3O5/c1-14(25)19(21(27)23-28)22-20(26)17-8-6-15(7-9-17)4-2-3-5-16-10-24(11-16)18-12-29-13-18/h6-9,14,16,18-19,25,28H,10-13H2,1H3,(H,22,26)(H,23,27)/t14-,19+/m1/s1. The first kappa shape index (κ1) is 20.8. The highest BCUT2D eigenvalue weighted by Gasteiger charge is 2.34. The molecule has 2 saturated heterocycles. The summed E-state index contributed by atoms with van der Waals surface area (Å²) in [7, 11) is 0. The number of hydrogen-bond acceptors (Lipinski definition) is 6. The van der Waals surface area contributed by atoms with E-state index in [9.17, 15) is 14.7 Å². The molecule has 0 bridgehead atoms. The summed E-state index contributed by atoms with van der Waals surface area (Å²) in [4.78, 5) is 26.1. The van der Waals surface area contributed by atoms with Crippen LogP contribution >= 0.6 is 0 Å². The van der Waals surface area contributed by atoms with E-state index in [1.165, 1.54) is 12.4 Å². The van der Waals surface area contributed by atoms with Gasteiger partial charge in [0.2, 0.25) is 0 Å². The summed E-state index contributed by atoms with van der Waals surface area (Å²) in [6.07, 6.45) is -1.17. The lowest BCUT2D eigenvalue weighted by atomic mass is 9.97. The van der Waals surface area contributed by atoms with E-state index >= 15 is 0 Å². The molecule has 2 aliphatic heterocycles. The van der Waals surface area contributed by atoms with Crippen molar-refractivity contribution in [3.63, 3.8) is 0 Å². The summed E-state index contributed by atoms with van der Waals surface area (Å²) in [5.41, 5.74) is 2.42. The van der Waals surface area contributed by atoms with Crippen LogP contribution in [0.25, 0.3) is 0 Å². The van der Waals surface area contributed by atoms with Crippen LogP contribution in [0, 0.1) is 29.6 Å². The molecule has 1 aromatic carbocycles. The lowest BCUT2D eigenvalue weighted by Gasteiger charge is -2.45. The fourth-order valence-electron chi connectivity index (χ4n) is 2.98. The minimum Gasteiger partial charge on any atom is -0.391 e. The smallest absolute Gasteiger partial charge is 0.268 e. The highest BCUT2D eigenvalue weighted by Crippen LogP contribution is 2.21. The molecular weight excluding hydrogens is 374 g/mol. The number of carbonyl (C=O) groups excluding carboxylic acids is 2. The van der Waals surface area contributed by atoms with Crippen LogP contribution < -0.4 is 10.8 Å². The first-order valence-corrected chi connectivity index (χ1v) is 9.34. The predicted octanol–water partition coefficient (Wildman–Crippen LogP) is -0.643. The van der Waals surface area contributed by atoms with E-state index in [0.29, 0.717) is 23.1 Å². The fraction of sp³-hybridized carbons (Fsp3) is 0.429. The van der Waals surface area contributed by atoms with Gasteiger partial charge in [-0.05, 0) is 43.0 Å². The number of aliphatic hydroxyl groups is 1. The zero-order valence-electron chi connectivity index (χ0n) is 16.0. The molecular formula is C21H23N3O5. The van der Waals surface area contributed by atoms with Gasteiger partial charge in [-0.1, -0.05) is 11.8 Å². The van der Waals surface area contributed by atoms with Crippen LogP contribution in [-0.4, -0.2) is 71.5 Å². The van der Waals surface area contributed by atoms with Crippen molar-refractivity contribution in [2.75, 3.05) is 26.3 Å². The monoisotopic (exact) mass is 397 g/mol. The number of nitrogens with one attached hydrogen (secondary N) is 2. The Morgan fingerprint density at radius 3 is 2.45 bits per heavy atom. The van der Waals surface area contributed by atoms with E-state index in [-0.39, 0.29) is 0 Å². The molecule has 8 nitrogen and oxygen atoms in total. The first-order valence-electron chi connectivity index (χ1n) is 9.34. The van der Waals surface area contributed by atoms with Crippen molar-refractivity contribution in [1.29, 1.82) is 0 Å². The molecule has 2 atom stereocenters. The van der Waals surface area contributed by atoms with Crippen molar-refractivity contribution in [3.8, 4) is 23.7 Å². The number of likely N-dealkylation sites (tertiary alicyclic amines) is 1. The third kappa shape index (κ3) is 5.35. The van der Waals surface area contributed by atoms with Gasteiger partial charge in [-0.3, -0.25) is 19.7 Å². The topological polar surface area (TPSA) is 111 Å². The third-order valence-electron chi connectivity index (χ3n) is 4.90. The molecule has 2 fully saturated rings. The Morgan fingerprint density at radius 2 is 1.90 bits per heavy atom. The molecule has 2 aliphatic rings. The number of hydrogen-bond donors (Lipinski definition) is 4. The lowest BCUT2D eigenvalue weighted by molar-refractivity contribution is -0.133. The van der Waals surface area contributed by atoms with Crippen molar-refractivity contribution >= 4 is 11.8 Å². The molecule has 2 amide bonds. The third-order valence-corrected chi connectivity index (χ3v) is 4.90. The quantitative estimate of drug-likeness (QED) is 0.299. The van der Waals surface area contributed by atoms with Crippen molar-refractivity contribution in [2.45, 2.75) is 25.1 Å². The van der Waals surface area contributed by atoms with Crippen LogP contribution in [0.5, 0.6) is 0 Å². The van der Waals surface area contributed by atoms with Crippen molar-refractivity contribution in [3.05, 3.63) is 35.4 Å².